The third kappa shape index (κ3) is 3.16. The van der Waals surface area contributed by atoms with Crippen molar-refractivity contribution in [3.8, 4) is 0 Å². The van der Waals surface area contributed by atoms with Crippen LogP contribution in [0.5, 0.6) is 0 Å². The van der Waals surface area contributed by atoms with Crippen molar-refractivity contribution in [3.63, 3.8) is 0 Å². The summed E-state index contributed by atoms with van der Waals surface area (Å²) in [6, 6.07) is 2.90. The third-order valence-corrected chi connectivity index (χ3v) is 6.83. The third-order valence-electron chi connectivity index (χ3n) is 4.99. The summed E-state index contributed by atoms with van der Waals surface area (Å²) in [4.78, 5) is 12.4. The number of hydrogen-bond acceptors (Lipinski definition) is 4. The summed E-state index contributed by atoms with van der Waals surface area (Å²) in [5, 5.41) is 3.01. The number of furan rings is 1. The van der Waals surface area contributed by atoms with Crippen LogP contribution in [0.2, 0.25) is 0 Å². The van der Waals surface area contributed by atoms with Gasteiger partial charge in [0.25, 0.3) is 10.0 Å². The number of nitrogens with one attached hydrogen (secondary N) is 2. The van der Waals surface area contributed by atoms with E-state index in [1.807, 2.05) is 0 Å². The summed E-state index contributed by atoms with van der Waals surface area (Å²) in [5.41, 5.74) is 6.34. The van der Waals surface area contributed by atoms with Crippen molar-refractivity contribution in [2.75, 3.05) is 5.32 Å². The lowest BCUT2D eigenvalue weighted by Gasteiger charge is -2.16. The number of rotatable bonds is 4. The monoisotopic (exact) mass is 438 g/mol. The molecule has 2 aliphatic rings. The average molecular weight is 439 g/mol. The van der Waals surface area contributed by atoms with Gasteiger partial charge in [-0.25, -0.2) is 9.52 Å². The number of hydrogen-bond donors (Lipinski definition) is 2. The van der Waals surface area contributed by atoms with Crippen LogP contribution in [0.15, 0.2) is 27.9 Å². The van der Waals surface area contributed by atoms with Crippen molar-refractivity contribution in [3.05, 3.63) is 46.2 Å². The van der Waals surface area contributed by atoms with E-state index < -0.39 is 16.1 Å². The maximum Gasteiger partial charge on any atom is 0.333 e. The molecule has 2 N–H and O–H groups in total. The Labute approximate surface area is 160 Å². The largest absolute Gasteiger partial charge is 0.451 e. The fourth-order valence-corrected chi connectivity index (χ4v) is 5.01. The van der Waals surface area contributed by atoms with Gasteiger partial charge in [0.1, 0.15) is 0 Å². The lowest BCUT2D eigenvalue weighted by molar-refractivity contribution is 0.256. The number of fused-ring (bicyclic) bond motifs is 2. The second-order valence-electron chi connectivity index (χ2n) is 6.70. The van der Waals surface area contributed by atoms with E-state index in [0.29, 0.717) is 10.9 Å². The molecule has 26 heavy (non-hydrogen) atoms. The molecule has 0 radical (unpaired) electrons. The Kier molecular flexibility index (Phi) is 4.56. The molecule has 6 nitrogen and oxygen atoms in total. The van der Waals surface area contributed by atoms with E-state index in [1.54, 1.807) is 0 Å². The Balaban J connectivity index is 1.58. The van der Waals surface area contributed by atoms with Crippen molar-refractivity contribution < 1.29 is 17.6 Å². The van der Waals surface area contributed by atoms with Gasteiger partial charge >= 0.3 is 6.03 Å². The van der Waals surface area contributed by atoms with Gasteiger partial charge in [0.05, 0.1) is 6.26 Å². The predicted molar refractivity (Wildman–Crippen MR) is 101 cm³/mol. The van der Waals surface area contributed by atoms with Crippen LogP contribution < -0.4 is 10.0 Å². The molecule has 2 aliphatic carbocycles. The Morgan fingerprint density at radius 1 is 1.08 bits per heavy atom. The molecule has 1 aromatic carbocycles. The minimum absolute atomic E-state index is 0.273. The summed E-state index contributed by atoms with van der Waals surface area (Å²) in [6.07, 6.45) is 7.33. The van der Waals surface area contributed by atoms with Gasteiger partial charge in [0.2, 0.25) is 5.09 Å². The molecule has 0 saturated heterocycles. The standard InChI is InChI=1S/C18H19BrN2O4S/c19-9-11-7-16(25-10-11)26(23,24)21-18(22)20-17-14-5-1-3-12(14)8-13-4-2-6-15(13)17/h7-8,10H,1-6,9H2,(H2,20,21,22). The summed E-state index contributed by atoms with van der Waals surface area (Å²) in [6.45, 7) is 0. The first-order valence-corrected chi connectivity index (χ1v) is 11.2. The molecule has 0 fully saturated rings. The van der Waals surface area contributed by atoms with Crippen LogP contribution in [-0.2, 0) is 41.0 Å². The first kappa shape index (κ1) is 17.6. The molecule has 0 bridgehead atoms. The molecular weight excluding hydrogens is 420 g/mol. The number of aryl methyl sites for hydroxylation is 2. The van der Waals surface area contributed by atoms with Gasteiger partial charge in [0, 0.05) is 22.6 Å². The van der Waals surface area contributed by atoms with E-state index >= 15 is 0 Å². The van der Waals surface area contributed by atoms with Crippen molar-refractivity contribution in [2.45, 2.75) is 48.9 Å². The van der Waals surface area contributed by atoms with Gasteiger partial charge in [-0.05, 0) is 60.8 Å². The van der Waals surface area contributed by atoms with Crippen LogP contribution in [0.3, 0.4) is 0 Å². The van der Waals surface area contributed by atoms with Crippen LogP contribution in [0.1, 0.15) is 40.7 Å². The number of halogens is 1. The number of carbonyl (C=O) groups is 1. The highest BCUT2D eigenvalue weighted by molar-refractivity contribution is 9.08. The zero-order valence-electron chi connectivity index (χ0n) is 14.1. The topological polar surface area (TPSA) is 88.4 Å². The van der Waals surface area contributed by atoms with Crippen LogP contribution in [0, 0.1) is 0 Å². The molecule has 0 spiro atoms. The highest BCUT2D eigenvalue weighted by atomic mass is 79.9. The van der Waals surface area contributed by atoms with Crippen molar-refractivity contribution >= 4 is 37.7 Å². The van der Waals surface area contributed by atoms with Gasteiger partial charge in [-0.1, -0.05) is 22.0 Å². The van der Waals surface area contributed by atoms with E-state index in [-0.39, 0.29) is 5.09 Å². The molecule has 8 heteroatoms. The van der Waals surface area contributed by atoms with E-state index in [0.717, 1.165) is 55.3 Å². The highest BCUT2D eigenvalue weighted by Crippen LogP contribution is 2.38. The van der Waals surface area contributed by atoms with Crippen molar-refractivity contribution in [1.29, 1.82) is 0 Å². The maximum absolute atomic E-state index is 12.4. The molecule has 1 heterocycles. The lowest BCUT2D eigenvalue weighted by Crippen LogP contribution is -2.34. The van der Waals surface area contributed by atoms with Gasteiger partial charge in [-0.3, -0.25) is 0 Å². The SMILES string of the molecule is O=C(Nc1c2c(cc3c1CCC3)CCC2)NS(=O)(=O)c1cc(CBr)co1. The van der Waals surface area contributed by atoms with Crippen LogP contribution in [-0.4, -0.2) is 14.4 Å². The molecule has 0 atom stereocenters. The second-order valence-corrected chi connectivity index (χ2v) is 8.88. The molecule has 2 amide bonds. The van der Waals surface area contributed by atoms with Gasteiger partial charge in [-0.15, -0.1) is 0 Å². The minimum atomic E-state index is -4.05. The highest BCUT2D eigenvalue weighted by Gasteiger charge is 2.27. The quantitative estimate of drug-likeness (QED) is 0.712. The Hall–Kier alpha value is -1.80. The Morgan fingerprint density at radius 2 is 1.73 bits per heavy atom. The first-order valence-electron chi connectivity index (χ1n) is 8.61. The van der Waals surface area contributed by atoms with E-state index in [4.69, 9.17) is 4.42 Å². The molecule has 2 aromatic rings. The number of urea groups is 1. The molecule has 0 aliphatic heterocycles. The molecular formula is C18H19BrN2O4S. The maximum atomic E-state index is 12.4. The zero-order valence-corrected chi connectivity index (χ0v) is 16.5. The van der Waals surface area contributed by atoms with E-state index in [2.05, 4.69) is 32.0 Å². The number of anilines is 1. The smallest absolute Gasteiger partial charge is 0.333 e. The van der Waals surface area contributed by atoms with Crippen molar-refractivity contribution in [1.82, 2.24) is 4.72 Å². The van der Waals surface area contributed by atoms with E-state index in [1.165, 1.54) is 23.5 Å². The van der Waals surface area contributed by atoms with E-state index in [9.17, 15) is 13.2 Å². The van der Waals surface area contributed by atoms with Gasteiger partial charge in [-0.2, -0.15) is 8.42 Å². The summed E-state index contributed by atoms with van der Waals surface area (Å²) < 4.78 is 31.8. The molecule has 138 valence electrons. The van der Waals surface area contributed by atoms with Crippen LogP contribution >= 0.6 is 15.9 Å². The number of amides is 2. The van der Waals surface area contributed by atoms with Crippen LogP contribution in [0.4, 0.5) is 10.5 Å². The lowest BCUT2D eigenvalue weighted by atomic mass is 9.99. The number of benzene rings is 1. The normalized spacial score (nSPS) is 15.6. The predicted octanol–water partition coefficient (Wildman–Crippen LogP) is 3.66. The summed E-state index contributed by atoms with van der Waals surface area (Å²) >= 11 is 3.24. The number of carbonyl (C=O) groups excluding carboxylic acids is 1. The average Bonchev–Trinajstić information content (AvgIpc) is 3.33. The fraction of sp³-hybridized carbons (Fsp3) is 0.389. The molecule has 0 saturated carbocycles. The molecule has 1 aromatic heterocycles. The summed E-state index contributed by atoms with van der Waals surface area (Å²) in [5.74, 6) is 0. The minimum Gasteiger partial charge on any atom is -0.451 e. The van der Waals surface area contributed by atoms with Crippen molar-refractivity contribution in [2.24, 2.45) is 0 Å². The zero-order chi connectivity index (χ0) is 18.3. The van der Waals surface area contributed by atoms with Gasteiger partial charge < -0.3 is 9.73 Å². The second kappa shape index (κ2) is 6.74. The molecule has 0 unspecified atom stereocenters. The number of sulfonamides is 1. The number of alkyl halides is 1. The summed E-state index contributed by atoms with van der Waals surface area (Å²) in [7, 11) is -4.05. The molecule has 4 rings (SSSR count). The fourth-order valence-electron chi connectivity index (χ4n) is 3.84. The Morgan fingerprint density at radius 3 is 2.31 bits per heavy atom. The first-order chi connectivity index (χ1) is 12.5. The van der Waals surface area contributed by atoms with Gasteiger partial charge in [0.15, 0.2) is 0 Å². The van der Waals surface area contributed by atoms with Crippen LogP contribution in [0.25, 0.3) is 0 Å². The Bertz CT molecular complexity index is 949.